The maximum absolute atomic E-state index is 12.0. The molecule has 0 bridgehead atoms. The largest absolute Gasteiger partial charge is 0.494 e. The molecule has 0 saturated heterocycles. The van der Waals surface area contributed by atoms with Crippen LogP contribution >= 0.6 is 0 Å². The summed E-state index contributed by atoms with van der Waals surface area (Å²) in [5.74, 6) is 2.32. The molecule has 0 aliphatic heterocycles. The molecule has 3 aromatic carbocycles. The molecule has 0 spiro atoms. The lowest BCUT2D eigenvalue weighted by Gasteiger charge is -2.30. The zero-order valence-electron chi connectivity index (χ0n) is 17.2. The summed E-state index contributed by atoms with van der Waals surface area (Å²) in [5.41, 5.74) is 0.957. The maximum Gasteiger partial charge on any atom is 0.140 e. The summed E-state index contributed by atoms with van der Waals surface area (Å²) in [4.78, 5) is 0. The Labute approximate surface area is 172 Å². The third kappa shape index (κ3) is 4.54. The molecule has 0 saturated carbocycles. The summed E-state index contributed by atoms with van der Waals surface area (Å²) in [6, 6.07) is 22.7. The summed E-state index contributed by atoms with van der Waals surface area (Å²) in [6.07, 6.45) is 0. The molecule has 152 valence electrons. The molecule has 3 aromatic rings. The van der Waals surface area contributed by atoms with Gasteiger partial charge in [0, 0.05) is 0 Å². The molecule has 0 unspecified atom stereocenters. The van der Waals surface area contributed by atoms with E-state index in [9.17, 15) is 5.11 Å². The number of hydrogen-bond donors (Lipinski definition) is 1. The summed E-state index contributed by atoms with van der Waals surface area (Å²) < 4.78 is 16.7. The van der Waals surface area contributed by atoms with E-state index in [1.165, 1.54) is 0 Å². The average Bonchev–Trinajstić information content (AvgIpc) is 2.75. The molecule has 0 atom stereocenters. The summed E-state index contributed by atoms with van der Waals surface area (Å²) in [6.45, 7) is 7.64. The standard InChI is InChI=1S/C25H28O4/c1-4-27-22-13-7-19(8-14-22)25(26,20-9-15-23(16-10-20)28-5-2)21-11-17-24(18-12-21)29-6-3/h7-18,26H,4-6H2,1-3H3. The van der Waals surface area contributed by atoms with Crippen LogP contribution in [0.25, 0.3) is 0 Å². The highest BCUT2D eigenvalue weighted by molar-refractivity contribution is 5.50. The molecule has 0 aliphatic carbocycles. The Morgan fingerprint density at radius 3 is 0.966 bits per heavy atom. The molecule has 4 heteroatoms. The van der Waals surface area contributed by atoms with Crippen LogP contribution in [-0.2, 0) is 5.60 Å². The fourth-order valence-corrected chi connectivity index (χ4v) is 3.38. The van der Waals surface area contributed by atoms with Gasteiger partial charge < -0.3 is 19.3 Å². The monoisotopic (exact) mass is 392 g/mol. The number of benzene rings is 3. The van der Waals surface area contributed by atoms with Crippen molar-refractivity contribution in [3.63, 3.8) is 0 Å². The predicted octanol–water partition coefficient (Wildman–Crippen LogP) is 5.17. The van der Waals surface area contributed by atoms with Crippen LogP contribution in [0.5, 0.6) is 17.2 Å². The van der Waals surface area contributed by atoms with E-state index in [0.717, 1.165) is 33.9 Å². The van der Waals surface area contributed by atoms with Gasteiger partial charge in [0.05, 0.1) is 19.8 Å². The molecule has 3 rings (SSSR count). The SMILES string of the molecule is CCOc1ccc(C(O)(c2ccc(OCC)cc2)c2ccc(OCC)cc2)cc1. The number of ether oxygens (including phenoxy) is 3. The molecule has 0 fully saturated rings. The zero-order valence-corrected chi connectivity index (χ0v) is 17.2. The number of hydrogen-bond acceptors (Lipinski definition) is 4. The van der Waals surface area contributed by atoms with E-state index in [2.05, 4.69) is 0 Å². The van der Waals surface area contributed by atoms with Gasteiger partial charge in [-0.1, -0.05) is 36.4 Å². The van der Waals surface area contributed by atoms with Gasteiger partial charge in [0.15, 0.2) is 0 Å². The van der Waals surface area contributed by atoms with E-state index in [1.807, 2.05) is 93.6 Å². The molecule has 0 heterocycles. The van der Waals surface area contributed by atoms with Crippen LogP contribution in [-0.4, -0.2) is 24.9 Å². The lowest BCUT2D eigenvalue weighted by atomic mass is 9.80. The summed E-state index contributed by atoms with van der Waals surface area (Å²) >= 11 is 0. The van der Waals surface area contributed by atoms with E-state index in [4.69, 9.17) is 14.2 Å². The van der Waals surface area contributed by atoms with Gasteiger partial charge in [-0.05, 0) is 73.9 Å². The first kappa shape index (κ1) is 20.7. The summed E-state index contributed by atoms with van der Waals surface area (Å²) in [5, 5.41) is 12.0. The van der Waals surface area contributed by atoms with E-state index in [0.29, 0.717) is 19.8 Å². The quantitative estimate of drug-likeness (QED) is 0.511. The van der Waals surface area contributed by atoms with Crippen LogP contribution in [0.3, 0.4) is 0 Å². The van der Waals surface area contributed by atoms with E-state index in [1.54, 1.807) is 0 Å². The minimum atomic E-state index is -1.32. The van der Waals surface area contributed by atoms with Crippen LogP contribution in [0, 0.1) is 0 Å². The van der Waals surface area contributed by atoms with Crippen molar-refractivity contribution in [2.75, 3.05) is 19.8 Å². The van der Waals surface area contributed by atoms with E-state index < -0.39 is 5.60 Å². The van der Waals surface area contributed by atoms with Gasteiger partial charge in [-0.2, -0.15) is 0 Å². The normalized spacial score (nSPS) is 11.2. The third-order valence-corrected chi connectivity index (χ3v) is 4.75. The molecule has 0 amide bonds. The molecule has 1 N–H and O–H groups in total. The first-order valence-electron chi connectivity index (χ1n) is 10.0. The van der Waals surface area contributed by atoms with Crippen LogP contribution in [0.4, 0.5) is 0 Å². The molecular formula is C25H28O4. The Morgan fingerprint density at radius 2 is 0.759 bits per heavy atom. The molecule has 0 radical (unpaired) electrons. The van der Waals surface area contributed by atoms with Crippen LogP contribution < -0.4 is 14.2 Å². The van der Waals surface area contributed by atoms with Crippen molar-refractivity contribution in [2.24, 2.45) is 0 Å². The highest BCUT2D eigenvalue weighted by Gasteiger charge is 2.34. The second kappa shape index (κ2) is 9.48. The van der Waals surface area contributed by atoms with Crippen LogP contribution in [0.1, 0.15) is 37.5 Å². The van der Waals surface area contributed by atoms with Crippen molar-refractivity contribution in [1.29, 1.82) is 0 Å². The van der Waals surface area contributed by atoms with Crippen molar-refractivity contribution in [1.82, 2.24) is 0 Å². The highest BCUT2D eigenvalue weighted by atomic mass is 16.5. The van der Waals surface area contributed by atoms with Crippen molar-refractivity contribution < 1.29 is 19.3 Å². The topological polar surface area (TPSA) is 47.9 Å². The maximum atomic E-state index is 12.0. The summed E-state index contributed by atoms with van der Waals surface area (Å²) in [7, 11) is 0. The molecule has 0 aromatic heterocycles. The van der Waals surface area contributed by atoms with Gasteiger partial charge in [0.25, 0.3) is 0 Å². The van der Waals surface area contributed by atoms with Gasteiger partial charge in [-0.3, -0.25) is 0 Å². The Morgan fingerprint density at radius 1 is 0.517 bits per heavy atom. The number of aliphatic hydroxyl groups is 1. The van der Waals surface area contributed by atoms with Crippen molar-refractivity contribution >= 4 is 0 Å². The fourth-order valence-electron chi connectivity index (χ4n) is 3.38. The third-order valence-electron chi connectivity index (χ3n) is 4.75. The predicted molar refractivity (Wildman–Crippen MR) is 115 cm³/mol. The Hall–Kier alpha value is -2.98. The van der Waals surface area contributed by atoms with Crippen molar-refractivity contribution in [2.45, 2.75) is 26.4 Å². The lowest BCUT2D eigenvalue weighted by molar-refractivity contribution is 0.125. The first-order chi connectivity index (χ1) is 14.1. The van der Waals surface area contributed by atoms with Gasteiger partial charge in [0.2, 0.25) is 0 Å². The van der Waals surface area contributed by atoms with Crippen molar-refractivity contribution in [3.8, 4) is 17.2 Å². The highest BCUT2D eigenvalue weighted by Crippen LogP contribution is 2.38. The van der Waals surface area contributed by atoms with E-state index >= 15 is 0 Å². The second-order valence-electron chi connectivity index (χ2n) is 6.58. The smallest absolute Gasteiger partial charge is 0.140 e. The second-order valence-corrected chi connectivity index (χ2v) is 6.58. The van der Waals surface area contributed by atoms with Crippen LogP contribution in [0.15, 0.2) is 72.8 Å². The molecule has 0 aliphatic rings. The van der Waals surface area contributed by atoms with Gasteiger partial charge in [-0.25, -0.2) is 0 Å². The van der Waals surface area contributed by atoms with Crippen LogP contribution in [0.2, 0.25) is 0 Å². The van der Waals surface area contributed by atoms with E-state index in [-0.39, 0.29) is 0 Å². The van der Waals surface area contributed by atoms with Gasteiger partial charge in [0.1, 0.15) is 22.8 Å². The van der Waals surface area contributed by atoms with Gasteiger partial charge in [-0.15, -0.1) is 0 Å². The molecular weight excluding hydrogens is 364 g/mol. The Bertz CT molecular complexity index is 763. The van der Waals surface area contributed by atoms with Gasteiger partial charge >= 0.3 is 0 Å². The zero-order chi connectivity index (χ0) is 20.7. The minimum Gasteiger partial charge on any atom is -0.494 e. The molecule has 4 nitrogen and oxygen atoms in total. The first-order valence-corrected chi connectivity index (χ1v) is 10.0. The average molecular weight is 392 g/mol. The Kier molecular flexibility index (Phi) is 6.78. The molecule has 29 heavy (non-hydrogen) atoms. The fraction of sp³-hybridized carbons (Fsp3) is 0.280. The van der Waals surface area contributed by atoms with Crippen molar-refractivity contribution in [3.05, 3.63) is 89.5 Å². The Balaban J connectivity index is 2.06. The number of rotatable bonds is 9. The lowest BCUT2D eigenvalue weighted by Crippen LogP contribution is -2.28. The minimum absolute atomic E-state index is 0.599.